The Morgan fingerprint density at radius 2 is 1.97 bits per heavy atom. The van der Waals surface area contributed by atoms with E-state index in [1.807, 2.05) is 0 Å². The number of benzene rings is 1. The van der Waals surface area contributed by atoms with Crippen LogP contribution in [0.1, 0.15) is 16.2 Å². The molecule has 30 heavy (non-hydrogen) atoms. The molecule has 0 fully saturated rings. The number of aromatic nitrogens is 2. The maximum atomic E-state index is 13.6. The Bertz CT molecular complexity index is 982. The third kappa shape index (κ3) is 4.79. The van der Waals surface area contributed by atoms with Gasteiger partial charge in [0.2, 0.25) is 0 Å². The van der Waals surface area contributed by atoms with Crippen LogP contribution in [0.3, 0.4) is 0 Å². The molecule has 0 saturated carbocycles. The summed E-state index contributed by atoms with van der Waals surface area (Å²) >= 11 is 5.75. The lowest BCUT2D eigenvalue weighted by molar-refractivity contribution is -0.210. The molecule has 1 aromatic heterocycles. The van der Waals surface area contributed by atoms with Gasteiger partial charge in [-0.15, -0.1) is 0 Å². The monoisotopic (exact) mass is 446 g/mol. The van der Waals surface area contributed by atoms with Crippen molar-refractivity contribution in [3.63, 3.8) is 0 Å². The second-order valence-electron chi connectivity index (χ2n) is 6.40. The fourth-order valence-corrected chi connectivity index (χ4v) is 2.80. The van der Waals surface area contributed by atoms with Crippen LogP contribution in [-0.2, 0) is 0 Å². The largest absolute Gasteiger partial charge is 0.490 e. The first-order valence-corrected chi connectivity index (χ1v) is 8.86. The Morgan fingerprint density at radius 3 is 2.60 bits per heavy atom. The molecule has 0 saturated heterocycles. The summed E-state index contributed by atoms with van der Waals surface area (Å²) in [6, 6.07) is 2.82. The Balaban J connectivity index is 1.78. The molecule has 7 nitrogen and oxygen atoms in total. The molecule has 1 atom stereocenters. The van der Waals surface area contributed by atoms with Gasteiger partial charge in [0.15, 0.2) is 11.9 Å². The average Bonchev–Trinajstić information content (AvgIpc) is 3.07. The van der Waals surface area contributed by atoms with Gasteiger partial charge in [-0.1, -0.05) is 11.6 Å². The van der Waals surface area contributed by atoms with Gasteiger partial charge < -0.3 is 20.5 Å². The summed E-state index contributed by atoms with van der Waals surface area (Å²) in [5.74, 6) is -1.63. The average molecular weight is 447 g/mol. The number of nitrogens with zero attached hydrogens (tertiary/aromatic N) is 3. The Kier molecular flexibility index (Phi) is 6.13. The lowest BCUT2D eigenvalue weighted by Crippen LogP contribution is -2.35. The number of aliphatic hydroxyl groups excluding tert-OH is 1. The molecule has 1 aliphatic heterocycles. The topological polar surface area (TPSA) is 102 Å². The van der Waals surface area contributed by atoms with E-state index < -0.39 is 36.4 Å². The highest BCUT2D eigenvalue weighted by molar-refractivity contribution is 6.30. The zero-order valence-corrected chi connectivity index (χ0v) is 15.9. The van der Waals surface area contributed by atoms with Crippen LogP contribution in [0.15, 0.2) is 36.3 Å². The molecule has 12 heteroatoms. The smallest absolute Gasteiger partial charge is 0.417 e. The third-order valence-corrected chi connectivity index (χ3v) is 4.42. The number of ether oxygens (including phenoxy) is 1. The lowest BCUT2D eigenvalue weighted by atomic mass is 10.1. The first-order valence-electron chi connectivity index (χ1n) is 8.48. The van der Waals surface area contributed by atoms with Crippen LogP contribution < -0.4 is 10.5 Å². The summed E-state index contributed by atoms with van der Waals surface area (Å²) in [5, 5.41) is 9.40. The molecule has 3 N–H and O–H groups in total. The minimum absolute atomic E-state index is 0.00213. The molecule has 0 aliphatic carbocycles. The van der Waals surface area contributed by atoms with Crippen molar-refractivity contribution in [2.24, 2.45) is 5.73 Å². The SMILES string of the molecule is NC1=C(c2ncc(Cl)cn2)CN(C(=O)c2ccc(F)cc2OCC(O)C(F)(F)F)C1. The minimum Gasteiger partial charge on any atom is -0.490 e. The number of carbonyl (C=O) groups is 1. The van der Waals surface area contributed by atoms with E-state index in [0.29, 0.717) is 16.3 Å². The van der Waals surface area contributed by atoms with Crippen LogP contribution >= 0.6 is 11.6 Å². The number of halogens is 5. The summed E-state index contributed by atoms with van der Waals surface area (Å²) in [6.07, 6.45) is -4.97. The van der Waals surface area contributed by atoms with Gasteiger partial charge in [-0.25, -0.2) is 14.4 Å². The predicted molar refractivity (Wildman–Crippen MR) is 98.0 cm³/mol. The van der Waals surface area contributed by atoms with Crippen LogP contribution in [0.4, 0.5) is 17.6 Å². The normalized spacial score (nSPS) is 15.5. The number of hydrogen-bond acceptors (Lipinski definition) is 6. The highest BCUT2D eigenvalue weighted by Gasteiger charge is 2.39. The molecule has 2 heterocycles. The Labute approximate surface area is 172 Å². The van der Waals surface area contributed by atoms with Crippen molar-refractivity contribution in [2.75, 3.05) is 19.7 Å². The van der Waals surface area contributed by atoms with Gasteiger partial charge >= 0.3 is 6.18 Å². The van der Waals surface area contributed by atoms with Crippen LogP contribution in [-0.4, -0.2) is 57.9 Å². The molecule has 1 amide bonds. The van der Waals surface area contributed by atoms with E-state index in [1.165, 1.54) is 17.3 Å². The highest BCUT2D eigenvalue weighted by atomic mass is 35.5. The molecule has 0 radical (unpaired) electrons. The van der Waals surface area contributed by atoms with Crippen molar-refractivity contribution in [1.82, 2.24) is 14.9 Å². The first-order chi connectivity index (χ1) is 14.1. The van der Waals surface area contributed by atoms with E-state index in [-0.39, 0.29) is 24.5 Å². The molecular weight excluding hydrogens is 432 g/mol. The first kappa shape index (κ1) is 21.8. The Morgan fingerprint density at radius 1 is 1.30 bits per heavy atom. The van der Waals surface area contributed by atoms with Gasteiger partial charge in [-0.2, -0.15) is 13.2 Å². The van der Waals surface area contributed by atoms with E-state index in [2.05, 4.69) is 9.97 Å². The van der Waals surface area contributed by atoms with Gasteiger partial charge in [0.1, 0.15) is 18.2 Å². The van der Waals surface area contributed by atoms with E-state index in [9.17, 15) is 22.4 Å². The van der Waals surface area contributed by atoms with Crippen molar-refractivity contribution >= 4 is 23.1 Å². The van der Waals surface area contributed by atoms with Gasteiger partial charge in [-0.05, 0) is 12.1 Å². The van der Waals surface area contributed by atoms with Gasteiger partial charge in [0, 0.05) is 29.7 Å². The molecule has 1 aromatic carbocycles. The van der Waals surface area contributed by atoms with E-state index in [4.69, 9.17) is 27.2 Å². The molecular formula is C18H15ClF4N4O3. The summed E-state index contributed by atoms with van der Waals surface area (Å²) in [6.45, 7) is -1.17. The number of alkyl halides is 3. The second-order valence-corrected chi connectivity index (χ2v) is 6.84. The standard InChI is InChI=1S/C18H15ClF4N4O3/c19-9-4-25-16(26-5-9)12-6-27(7-13(12)24)17(29)11-2-1-10(20)3-14(11)30-8-15(28)18(21,22)23/h1-5,15,28H,6-8,24H2. The lowest BCUT2D eigenvalue weighted by Gasteiger charge is -2.20. The van der Waals surface area contributed by atoms with E-state index >= 15 is 0 Å². The second kappa shape index (κ2) is 8.44. The van der Waals surface area contributed by atoms with Crippen LogP contribution in [0.5, 0.6) is 5.75 Å². The van der Waals surface area contributed by atoms with Gasteiger partial charge in [0.05, 0.1) is 23.7 Å². The number of rotatable bonds is 5. The molecule has 160 valence electrons. The van der Waals surface area contributed by atoms with Crippen molar-refractivity contribution in [2.45, 2.75) is 12.3 Å². The van der Waals surface area contributed by atoms with Crippen LogP contribution in [0, 0.1) is 5.82 Å². The summed E-state index contributed by atoms with van der Waals surface area (Å²) in [5.41, 5.74) is 6.61. The fraction of sp³-hybridized carbons (Fsp3) is 0.278. The number of nitrogens with two attached hydrogens (primary N) is 1. The molecule has 0 bridgehead atoms. The molecule has 1 unspecified atom stereocenters. The third-order valence-electron chi connectivity index (χ3n) is 4.22. The molecule has 0 spiro atoms. The van der Waals surface area contributed by atoms with Crippen molar-refractivity contribution in [3.8, 4) is 5.75 Å². The summed E-state index contributed by atoms with van der Waals surface area (Å²) < 4.78 is 55.9. The number of carbonyl (C=O) groups excluding carboxylic acids is 1. The molecule has 2 aromatic rings. The minimum atomic E-state index is -4.92. The van der Waals surface area contributed by atoms with Crippen LogP contribution in [0.25, 0.3) is 5.57 Å². The Hall–Kier alpha value is -2.92. The predicted octanol–water partition coefficient (Wildman–Crippen LogP) is 2.40. The van der Waals surface area contributed by atoms with Crippen molar-refractivity contribution < 1.29 is 32.2 Å². The zero-order valence-electron chi connectivity index (χ0n) is 15.2. The van der Waals surface area contributed by atoms with Gasteiger partial charge in [0.25, 0.3) is 5.91 Å². The van der Waals surface area contributed by atoms with Crippen molar-refractivity contribution in [3.05, 3.63) is 58.5 Å². The highest BCUT2D eigenvalue weighted by Crippen LogP contribution is 2.28. The van der Waals surface area contributed by atoms with E-state index in [1.54, 1.807) is 0 Å². The summed E-state index contributed by atoms with van der Waals surface area (Å²) in [7, 11) is 0. The zero-order chi connectivity index (χ0) is 22.1. The van der Waals surface area contributed by atoms with Crippen LogP contribution in [0.2, 0.25) is 5.02 Å². The molecule has 1 aliphatic rings. The number of aliphatic hydroxyl groups is 1. The maximum Gasteiger partial charge on any atom is 0.417 e. The number of amides is 1. The molecule has 3 rings (SSSR count). The fourth-order valence-electron chi connectivity index (χ4n) is 2.70. The number of hydrogen-bond donors (Lipinski definition) is 2. The maximum absolute atomic E-state index is 13.6. The quantitative estimate of drug-likeness (QED) is 0.684. The van der Waals surface area contributed by atoms with Crippen molar-refractivity contribution in [1.29, 1.82) is 0 Å². The van der Waals surface area contributed by atoms with Gasteiger partial charge in [-0.3, -0.25) is 4.79 Å². The van der Waals surface area contributed by atoms with E-state index in [0.717, 1.165) is 18.2 Å². The summed E-state index contributed by atoms with van der Waals surface area (Å²) in [4.78, 5) is 22.3.